The Bertz CT molecular complexity index is 488. The molecule has 0 saturated carbocycles. The van der Waals surface area contributed by atoms with Gasteiger partial charge in [0.15, 0.2) is 6.29 Å². The molecule has 2 rings (SSSR count). The van der Waals surface area contributed by atoms with E-state index in [0.29, 0.717) is 5.56 Å². The fourth-order valence-corrected chi connectivity index (χ4v) is 2.43. The molecule has 19 heavy (non-hydrogen) atoms. The van der Waals surface area contributed by atoms with Crippen LogP contribution < -0.4 is 4.90 Å². The van der Waals surface area contributed by atoms with Crippen LogP contribution in [0, 0.1) is 6.92 Å². The van der Waals surface area contributed by atoms with E-state index in [1.807, 2.05) is 17.9 Å². The lowest BCUT2D eigenvalue weighted by atomic mass is 10.2. The number of hydrogen-bond acceptors (Lipinski definition) is 4. The molecule has 1 aliphatic rings. The molecule has 2 heterocycles. The minimum absolute atomic E-state index is 0.128. The number of carbonyl (C=O) groups excluding carboxylic acids is 2. The highest BCUT2D eigenvalue weighted by Gasteiger charge is 2.18. The van der Waals surface area contributed by atoms with E-state index in [2.05, 4.69) is 9.88 Å². The third kappa shape index (κ3) is 3.10. The van der Waals surface area contributed by atoms with Crippen molar-refractivity contribution in [1.29, 1.82) is 0 Å². The topological polar surface area (TPSA) is 53.5 Å². The van der Waals surface area contributed by atoms with Crippen LogP contribution in [0.2, 0.25) is 0 Å². The largest absolute Gasteiger partial charge is 0.355 e. The van der Waals surface area contributed by atoms with Crippen LogP contribution in [0.15, 0.2) is 12.3 Å². The smallest absolute Gasteiger partial charge is 0.219 e. The van der Waals surface area contributed by atoms with Crippen molar-refractivity contribution < 1.29 is 9.59 Å². The summed E-state index contributed by atoms with van der Waals surface area (Å²) in [5, 5.41) is 0. The van der Waals surface area contributed by atoms with Gasteiger partial charge in [0.05, 0.1) is 0 Å². The van der Waals surface area contributed by atoms with Gasteiger partial charge in [-0.1, -0.05) is 0 Å². The van der Waals surface area contributed by atoms with Gasteiger partial charge in [-0.2, -0.15) is 0 Å². The minimum atomic E-state index is 0.128. The number of anilines is 1. The second-order valence-electron chi connectivity index (χ2n) is 4.87. The maximum Gasteiger partial charge on any atom is 0.219 e. The highest BCUT2D eigenvalue weighted by Crippen LogP contribution is 2.19. The lowest BCUT2D eigenvalue weighted by molar-refractivity contribution is -0.128. The van der Waals surface area contributed by atoms with E-state index in [-0.39, 0.29) is 5.91 Å². The molecule has 1 aromatic rings. The molecule has 1 aliphatic heterocycles. The summed E-state index contributed by atoms with van der Waals surface area (Å²) in [4.78, 5) is 30.6. The van der Waals surface area contributed by atoms with E-state index in [4.69, 9.17) is 0 Å². The first-order valence-corrected chi connectivity index (χ1v) is 6.54. The predicted molar refractivity (Wildman–Crippen MR) is 73.4 cm³/mol. The first kappa shape index (κ1) is 13.5. The summed E-state index contributed by atoms with van der Waals surface area (Å²) in [6.07, 6.45) is 3.35. The third-order valence-electron chi connectivity index (χ3n) is 3.45. The van der Waals surface area contributed by atoms with E-state index in [0.717, 1.165) is 50.3 Å². The van der Waals surface area contributed by atoms with Crippen molar-refractivity contribution in [3.8, 4) is 0 Å². The lowest BCUT2D eigenvalue weighted by Crippen LogP contribution is -2.34. The Hall–Kier alpha value is -1.91. The van der Waals surface area contributed by atoms with Gasteiger partial charge >= 0.3 is 0 Å². The molecule has 0 aliphatic carbocycles. The van der Waals surface area contributed by atoms with Crippen molar-refractivity contribution in [3.05, 3.63) is 23.4 Å². The maximum absolute atomic E-state index is 11.4. The highest BCUT2D eigenvalue weighted by molar-refractivity contribution is 5.75. The third-order valence-corrected chi connectivity index (χ3v) is 3.45. The molecule has 1 fully saturated rings. The van der Waals surface area contributed by atoms with Crippen molar-refractivity contribution in [3.63, 3.8) is 0 Å². The fraction of sp³-hybridized carbons (Fsp3) is 0.500. The monoisotopic (exact) mass is 261 g/mol. The van der Waals surface area contributed by atoms with Gasteiger partial charge in [0.25, 0.3) is 0 Å². The number of aromatic nitrogens is 1. The van der Waals surface area contributed by atoms with E-state index < -0.39 is 0 Å². The van der Waals surface area contributed by atoms with E-state index in [1.54, 1.807) is 13.1 Å². The molecule has 0 N–H and O–H groups in total. The number of hydrogen-bond donors (Lipinski definition) is 0. The lowest BCUT2D eigenvalue weighted by Gasteiger charge is -2.23. The standard InChI is InChI=1S/C14H19N3O2/c1-11-8-13(10-18)9-15-14(11)17-5-3-4-16(6-7-17)12(2)19/h8-10H,3-7H2,1-2H3. The summed E-state index contributed by atoms with van der Waals surface area (Å²) in [6.45, 7) is 6.77. The Morgan fingerprint density at radius 1 is 1.32 bits per heavy atom. The zero-order valence-corrected chi connectivity index (χ0v) is 11.4. The Morgan fingerprint density at radius 3 is 2.74 bits per heavy atom. The Kier molecular flexibility index (Phi) is 4.14. The Morgan fingerprint density at radius 2 is 2.11 bits per heavy atom. The van der Waals surface area contributed by atoms with Crippen molar-refractivity contribution in [2.45, 2.75) is 20.3 Å². The molecule has 0 radical (unpaired) electrons. The predicted octanol–water partition coefficient (Wildman–Crippen LogP) is 1.26. The molecule has 1 amide bonds. The molecule has 1 saturated heterocycles. The van der Waals surface area contributed by atoms with Gasteiger partial charge in [0.1, 0.15) is 5.82 Å². The van der Waals surface area contributed by atoms with Gasteiger partial charge in [-0.25, -0.2) is 4.98 Å². The van der Waals surface area contributed by atoms with Gasteiger partial charge in [-0.05, 0) is 25.0 Å². The summed E-state index contributed by atoms with van der Waals surface area (Å²) >= 11 is 0. The van der Waals surface area contributed by atoms with Gasteiger partial charge in [0.2, 0.25) is 5.91 Å². The number of aldehydes is 1. The van der Waals surface area contributed by atoms with Crippen molar-refractivity contribution in [2.75, 3.05) is 31.1 Å². The summed E-state index contributed by atoms with van der Waals surface area (Å²) in [6, 6.07) is 1.85. The number of aryl methyl sites for hydroxylation is 1. The van der Waals surface area contributed by atoms with Crippen molar-refractivity contribution in [2.24, 2.45) is 0 Å². The molecule has 0 spiro atoms. The average molecular weight is 261 g/mol. The van der Waals surface area contributed by atoms with Crippen molar-refractivity contribution in [1.82, 2.24) is 9.88 Å². The molecule has 1 aromatic heterocycles. The van der Waals surface area contributed by atoms with E-state index in [9.17, 15) is 9.59 Å². The van der Waals surface area contributed by atoms with E-state index >= 15 is 0 Å². The maximum atomic E-state index is 11.4. The zero-order chi connectivity index (χ0) is 13.8. The Labute approximate surface area is 113 Å². The van der Waals surface area contributed by atoms with Crippen LogP contribution in [0.3, 0.4) is 0 Å². The van der Waals surface area contributed by atoms with Crippen LogP contribution in [-0.2, 0) is 4.79 Å². The summed E-state index contributed by atoms with van der Waals surface area (Å²) in [5.41, 5.74) is 1.60. The second kappa shape index (κ2) is 5.82. The van der Waals surface area contributed by atoms with Gasteiger partial charge in [0, 0.05) is 44.9 Å². The number of pyridine rings is 1. The fourth-order valence-electron chi connectivity index (χ4n) is 2.43. The van der Waals surface area contributed by atoms with Crippen LogP contribution >= 0.6 is 0 Å². The van der Waals surface area contributed by atoms with Crippen LogP contribution in [0.25, 0.3) is 0 Å². The highest BCUT2D eigenvalue weighted by atomic mass is 16.2. The SMILES string of the molecule is CC(=O)N1CCCN(c2ncc(C=O)cc2C)CC1. The van der Waals surface area contributed by atoms with Crippen LogP contribution in [0.5, 0.6) is 0 Å². The molecule has 0 bridgehead atoms. The van der Waals surface area contributed by atoms with Crippen LogP contribution in [-0.4, -0.2) is 48.3 Å². The van der Waals surface area contributed by atoms with Crippen LogP contribution in [0.1, 0.15) is 29.3 Å². The summed E-state index contributed by atoms with van der Waals surface area (Å²) in [7, 11) is 0. The number of nitrogens with zero attached hydrogens (tertiary/aromatic N) is 3. The molecular formula is C14H19N3O2. The molecule has 102 valence electrons. The van der Waals surface area contributed by atoms with Gasteiger partial charge in [-0.3, -0.25) is 9.59 Å². The first-order chi connectivity index (χ1) is 9.11. The number of amides is 1. The van der Waals surface area contributed by atoms with Crippen LogP contribution in [0.4, 0.5) is 5.82 Å². The molecule has 5 heteroatoms. The quantitative estimate of drug-likeness (QED) is 0.752. The first-order valence-electron chi connectivity index (χ1n) is 6.54. The molecule has 0 atom stereocenters. The van der Waals surface area contributed by atoms with Gasteiger partial charge < -0.3 is 9.80 Å². The average Bonchev–Trinajstić information content (AvgIpc) is 2.64. The minimum Gasteiger partial charge on any atom is -0.355 e. The zero-order valence-electron chi connectivity index (χ0n) is 11.4. The summed E-state index contributed by atoms with van der Waals surface area (Å²) in [5.74, 6) is 1.04. The molecule has 0 aromatic carbocycles. The molecule has 0 unspecified atom stereocenters. The Balaban J connectivity index is 2.14. The van der Waals surface area contributed by atoms with Crippen molar-refractivity contribution >= 4 is 18.0 Å². The normalized spacial score (nSPS) is 16.1. The molecular weight excluding hydrogens is 242 g/mol. The second-order valence-corrected chi connectivity index (χ2v) is 4.87. The summed E-state index contributed by atoms with van der Waals surface area (Å²) < 4.78 is 0. The number of carbonyl (C=O) groups is 2. The van der Waals surface area contributed by atoms with E-state index in [1.165, 1.54) is 0 Å². The number of rotatable bonds is 2. The van der Waals surface area contributed by atoms with Gasteiger partial charge in [-0.15, -0.1) is 0 Å². The molecule has 5 nitrogen and oxygen atoms in total.